The van der Waals surface area contributed by atoms with Gasteiger partial charge in [0.15, 0.2) is 0 Å². The van der Waals surface area contributed by atoms with Gasteiger partial charge in [0.25, 0.3) is 15.7 Å². The maximum atomic E-state index is 13.4. The van der Waals surface area contributed by atoms with Crippen LogP contribution in [0.2, 0.25) is 0 Å². The number of nitrogens with one attached hydrogen (secondary N) is 1. The zero-order chi connectivity index (χ0) is 17.4. The fourth-order valence-electron chi connectivity index (χ4n) is 1.85. The van der Waals surface area contributed by atoms with Gasteiger partial charge in [0.05, 0.1) is 20.8 Å². The van der Waals surface area contributed by atoms with Crippen LogP contribution in [0.4, 0.5) is 21.5 Å². The summed E-state index contributed by atoms with van der Waals surface area (Å²) in [5, 5.41) is 10.7. The fourth-order valence-corrected chi connectivity index (χ4v) is 3.43. The number of nitrogens with two attached hydrogens (primary N) is 1. The number of anilines is 2. The molecule has 2 aromatic rings. The number of non-ortho nitro benzene ring substituents is 1. The molecule has 10 heteroatoms. The number of rotatable bonds is 4. The molecular formula is C13H11BrFN3O4S. The van der Waals surface area contributed by atoms with Gasteiger partial charge < -0.3 is 5.73 Å². The van der Waals surface area contributed by atoms with E-state index in [0.29, 0.717) is 5.56 Å². The van der Waals surface area contributed by atoms with Crippen LogP contribution in [0.15, 0.2) is 39.7 Å². The van der Waals surface area contributed by atoms with E-state index in [4.69, 9.17) is 5.73 Å². The Morgan fingerprint density at radius 2 is 1.96 bits per heavy atom. The summed E-state index contributed by atoms with van der Waals surface area (Å²) in [6.07, 6.45) is 0. The van der Waals surface area contributed by atoms with E-state index in [-0.39, 0.29) is 26.4 Å². The van der Waals surface area contributed by atoms with Crippen LogP contribution >= 0.6 is 15.9 Å². The van der Waals surface area contributed by atoms with Crippen LogP contribution < -0.4 is 10.5 Å². The van der Waals surface area contributed by atoms with Gasteiger partial charge in [-0.1, -0.05) is 0 Å². The number of aryl methyl sites for hydroxylation is 1. The molecule has 2 aromatic carbocycles. The molecule has 0 unspecified atom stereocenters. The minimum absolute atomic E-state index is 0.0949. The normalized spacial score (nSPS) is 11.3. The van der Waals surface area contributed by atoms with Crippen LogP contribution in [0.5, 0.6) is 0 Å². The maximum Gasteiger partial charge on any atom is 0.271 e. The second kappa shape index (κ2) is 6.13. The second-order valence-corrected chi connectivity index (χ2v) is 7.17. The van der Waals surface area contributed by atoms with Crippen molar-refractivity contribution in [3.05, 3.63) is 56.3 Å². The second-order valence-electron chi connectivity index (χ2n) is 4.67. The molecule has 0 amide bonds. The lowest BCUT2D eigenvalue weighted by atomic mass is 10.2. The number of nitrogens with zero attached hydrogens (tertiary/aromatic N) is 1. The number of halogens is 2. The van der Waals surface area contributed by atoms with E-state index < -0.39 is 20.8 Å². The monoisotopic (exact) mass is 403 g/mol. The molecule has 23 heavy (non-hydrogen) atoms. The Balaban J connectivity index is 2.44. The zero-order valence-electron chi connectivity index (χ0n) is 11.7. The Bertz CT molecular complexity index is 902. The van der Waals surface area contributed by atoms with Gasteiger partial charge in [0.1, 0.15) is 10.7 Å². The molecule has 7 nitrogen and oxygen atoms in total. The average Bonchev–Trinajstić information content (AvgIpc) is 2.44. The highest BCUT2D eigenvalue weighted by molar-refractivity contribution is 9.10. The zero-order valence-corrected chi connectivity index (χ0v) is 14.1. The SMILES string of the molecule is Cc1cc(F)c(Br)cc1NS(=O)(=O)c1ccc([N+](=O)[O-])cc1N. The molecule has 3 N–H and O–H groups in total. The first kappa shape index (κ1) is 17.2. The Morgan fingerprint density at radius 1 is 1.30 bits per heavy atom. The largest absolute Gasteiger partial charge is 0.397 e. The summed E-state index contributed by atoms with van der Waals surface area (Å²) in [6.45, 7) is 1.53. The summed E-state index contributed by atoms with van der Waals surface area (Å²) in [6, 6.07) is 5.50. The molecule has 0 saturated carbocycles. The van der Waals surface area contributed by atoms with Crippen molar-refractivity contribution in [2.24, 2.45) is 0 Å². The first-order chi connectivity index (χ1) is 10.6. The number of nitrogen functional groups attached to an aromatic ring is 1. The Hall–Kier alpha value is -2.20. The van der Waals surface area contributed by atoms with Crippen molar-refractivity contribution < 1.29 is 17.7 Å². The molecule has 0 radical (unpaired) electrons. The average molecular weight is 404 g/mol. The van der Waals surface area contributed by atoms with Crippen molar-refractivity contribution in [2.75, 3.05) is 10.5 Å². The van der Waals surface area contributed by atoms with Gasteiger partial charge in [-0.15, -0.1) is 0 Å². The molecular weight excluding hydrogens is 393 g/mol. The fraction of sp³-hybridized carbons (Fsp3) is 0.0769. The van der Waals surface area contributed by atoms with Crippen LogP contribution in [-0.2, 0) is 10.0 Å². The number of nitro benzene ring substituents is 1. The number of nitro groups is 1. The van der Waals surface area contributed by atoms with Gasteiger partial charge in [0, 0.05) is 12.1 Å². The summed E-state index contributed by atoms with van der Waals surface area (Å²) >= 11 is 2.97. The third-order valence-corrected chi connectivity index (χ3v) is 5.05. The topological polar surface area (TPSA) is 115 Å². The molecule has 122 valence electrons. The van der Waals surface area contributed by atoms with Gasteiger partial charge in [-0.05, 0) is 46.6 Å². The van der Waals surface area contributed by atoms with Gasteiger partial charge in [0.2, 0.25) is 0 Å². The van der Waals surface area contributed by atoms with E-state index in [2.05, 4.69) is 20.7 Å². The van der Waals surface area contributed by atoms with Gasteiger partial charge in [-0.25, -0.2) is 12.8 Å². The molecule has 0 heterocycles. The highest BCUT2D eigenvalue weighted by atomic mass is 79.9. The number of hydrogen-bond acceptors (Lipinski definition) is 5. The lowest BCUT2D eigenvalue weighted by Gasteiger charge is -2.12. The highest BCUT2D eigenvalue weighted by Gasteiger charge is 2.21. The minimum atomic E-state index is -4.08. The molecule has 0 fully saturated rings. The molecule has 0 aliphatic heterocycles. The van der Waals surface area contributed by atoms with E-state index in [0.717, 1.165) is 18.2 Å². The van der Waals surface area contributed by atoms with Crippen LogP contribution in [0.1, 0.15) is 5.56 Å². The molecule has 2 rings (SSSR count). The first-order valence-electron chi connectivity index (χ1n) is 6.14. The summed E-state index contributed by atoms with van der Waals surface area (Å²) in [7, 11) is -4.08. The molecule has 0 aliphatic rings. The van der Waals surface area contributed by atoms with Crippen molar-refractivity contribution in [3.63, 3.8) is 0 Å². The maximum absolute atomic E-state index is 13.4. The van der Waals surface area contributed by atoms with Gasteiger partial charge >= 0.3 is 0 Å². The summed E-state index contributed by atoms with van der Waals surface area (Å²) in [5.41, 5.74) is 5.56. The minimum Gasteiger partial charge on any atom is -0.397 e. The molecule has 0 aliphatic carbocycles. The van der Waals surface area contributed by atoms with Crippen LogP contribution in [0.3, 0.4) is 0 Å². The summed E-state index contributed by atoms with van der Waals surface area (Å²) in [5.74, 6) is -0.528. The van der Waals surface area contributed by atoms with Crippen molar-refractivity contribution in [3.8, 4) is 0 Å². The Kier molecular flexibility index (Phi) is 4.57. The van der Waals surface area contributed by atoms with Gasteiger partial charge in [-0.2, -0.15) is 0 Å². The molecule has 0 saturated heterocycles. The van der Waals surface area contributed by atoms with Crippen molar-refractivity contribution in [2.45, 2.75) is 11.8 Å². The number of hydrogen-bond donors (Lipinski definition) is 2. The lowest BCUT2D eigenvalue weighted by molar-refractivity contribution is -0.384. The Labute approximate surface area is 139 Å². The lowest BCUT2D eigenvalue weighted by Crippen LogP contribution is -2.15. The van der Waals surface area contributed by atoms with E-state index in [1.54, 1.807) is 0 Å². The van der Waals surface area contributed by atoms with Crippen LogP contribution in [-0.4, -0.2) is 13.3 Å². The summed E-state index contributed by atoms with van der Waals surface area (Å²) < 4.78 is 40.5. The Morgan fingerprint density at radius 3 is 2.52 bits per heavy atom. The van der Waals surface area contributed by atoms with Crippen molar-refractivity contribution >= 4 is 43.0 Å². The van der Waals surface area contributed by atoms with Crippen molar-refractivity contribution in [1.82, 2.24) is 0 Å². The molecule has 0 aromatic heterocycles. The van der Waals surface area contributed by atoms with E-state index >= 15 is 0 Å². The first-order valence-corrected chi connectivity index (χ1v) is 8.42. The van der Waals surface area contributed by atoms with Gasteiger partial charge in [-0.3, -0.25) is 14.8 Å². The van der Waals surface area contributed by atoms with Crippen LogP contribution in [0, 0.1) is 22.9 Å². The quantitative estimate of drug-likeness (QED) is 0.461. The van der Waals surface area contributed by atoms with Crippen LogP contribution in [0.25, 0.3) is 0 Å². The predicted octanol–water partition coefficient (Wildman–Crippen LogP) is 3.19. The number of benzene rings is 2. The third-order valence-electron chi connectivity index (χ3n) is 3.01. The van der Waals surface area contributed by atoms with Crippen molar-refractivity contribution in [1.29, 1.82) is 0 Å². The smallest absolute Gasteiger partial charge is 0.271 e. The molecule has 0 atom stereocenters. The third kappa shape index (κ3) is 3.59. The van der Waals surface area contributed by atoms with E-state index in [1.165, 1.54) is 19.1 Å². The highest BCUT2D eigenvalue weighted by Crippen LogP contribution is 2.29. The number of sulfonamides is 1. The standard InChI is InChI=1S/C13H11BrFN3O4S/c1-7-4-10(15)9(14)6-12(7)17-23(21,22)13-3-2-8(18(19)20)5-11(13)16/h2-6,17H,16H2,1H3. The van der Waals surface area contributed by atoms with E-state index in [1.807, 2.05) is 0 Å². The molecule has 0 spiro atoms. The molecule has 0 bridgehead atoms. The predicted molar refractivity (Wildman–Crippen MR) is 87.2 cm³/mol. The van der Waals surface area contributed by atoms with E-state index in [9.17, 15) is 22.9 Å². The summed E-state index contributed by atoms with van der Waals surface area (Å²) in [4.78, 5) is 9.68.